The number of thiol groups is 1. The Kier molecular flexibility index (Phi) is 13.0. The van der Waals surface area contributed by atoms with E-state index in [1.165, 1.54) is 11.8 Å². The lowest BCUT2D eigenvalue weighted by molar-refractivity contribution is -0.144. The number of nitrogens with one attached hydrogen (secondary N) is 3. The van der Waals surface area contributed by atoms with E-state index >= 15 is 0 Å². The number of nitrogens with two attached hydrogens (primary N) is 2. The molecule has 0 bridgehead atoms. The van der Waals surface area contributed by atoms with Gasteiger partial charge in [-0.1, -0.05) is 0 Å². The maximum atomic E-state index is 12.3. The number of carboxylic acids is 1. The van der Waals surface area contributed by atoms with Crippen molar-refractivity contribution in [2.24, 2.45) is 11.5 Å². The molecule has 0 radical (unpaired) electrons. The van der Waals surface area contributed by atoms with Crippen molar-refractivity contribution in [2.45, 2.75) is 37.0 Å². The predicted molar refractivity (Wildman–Crippen MR) is 109 cm³/mol. The smallest absolute Gasteiger partial charge is 0.326 e. The van der Waals surface area contributed by atoms with Gasteiger partial charge in [-0.2, -0.15) is 24.4 Å². The molecular formula is C15H27N5O7S2. The zero-order chi connectivity index (χ0) is 22.6. The summed E-state index contributed by atoms with van der Waals surface area (Å²) < 4.78 is 0. The molecule has 0 aromatic carbocycles. The summed E-state index contributed by atoms with van der Waals surface area (Å²) in [5.41, 5.74) is 10.6. The minimum absolute atomic E-state index is 0.119. The first-order chi connectivity index (χ1) is 13.6. The number of carboxylic acid groups (broad SMARTS) is 1. The van der Waals surface area contributed by atoms with E-state index < -0.39 is 66.8 Å². The fourth-order valence-corrected chi connectivity index (χ4v) is 2.74. The van der Waals surface area contributed by atoms with Crippen molar-refractivity contribution in [1.29, 1.82) is 0 Å². The lowest BCUT2D eigenvalue weighted by atomic mass is 10.1. The van der Waals surface area contributed by atoms with Crippen molar-refractivity contribution in [3.05, 3.63) is 0 Å². The number of hydrogen-bond donors (Lipinski definition) is 8. The Balaban J connectivity index is 4.95. The lowest BCUT2D eigenvalue weighted by Crippen LogP contribution is -2.58. The minimum atomic E-state index is -1.62. The molecule has 9 N–H and O–H groups in total. The van der Waals surface area contributed by atoms with Gasteiger partial charge in [0.1, 0.15) is 18.1 Å². The summed E-state index contributed by atoms with van der Waals surface area (Å²) in [4.78, 5) is 58.5. The molecule has 0 aromatic rings. The van der Waals surface area contributed by atoms with Crippen molar-refractivity contribution >= 4 is 54.0 Å². The molecule has 0 aliphatic carbocycles. The van der Waals surface area contributed by atoms with Crippen LogP contribution >= 0.6 is 24.4 Å². The Morgan fingerprint density at radius 1 is 1.00 bits per heavy atom. The first-order valence-corrected chi connectivity index (χ1v) is 10.5. The van der Waals surface area contributed by atoms with E-state index in [9.17, 15) is 29.1 Å². The van der Waals surface area contributed by atoms with Crippen LogP contribution in [0.3, 0.4) is 0 Å². The highest BCUT2D eigenvalue weighted by molar-refractivity contribution is 7.98. The molecule has 0 heterocycles. The highest BCUT2D eigenvalue weighted by Crippen LogP contribution is 2.00. The number of rotatable bonds is 14. The second kappa shape index (κ2) is 14.0. The SMILES string of the molecule is CSCCC(N)C(=O)NC(CS)C(=O)NC(CO)C(=O)NC(CC(N)=O)C(=O)O. The number of aliphatic hydroxyl groups excluding tert-OH is 1. The summed E-state index contributed by atoms with van der Waals surface area (Å²) in [6.07, 6.45) is 1.58. The number of aliphatic carboxylic acids is 1. The zero-order valence-corrected chi connectivity index (χ0v) is 17.5. The van der Waals surface area contributed by atoms with E-state index in [0.717, 1.165) is 0 Å². The van der Waals surface area contributed by atoms with Gasteiger partial charge in [0.2, 0.25) is 23.6 Å². The molecule has 0 rings (SSSR count). The summed E-state index contributed by atoms with van der Waals surface area (Å²) in [6, 6.07) is -5.13. The molecular weight excluding hydrogens is 426 g/mol. The predicted octanol–water partition coefficient (Wildman–Crippen LogP) is -3.60. The largest absolute Gasteiger partial charge is 0.480 e. The molecule has 4 atom stereocenters. The van der Waals surface area contributed by atoms with Gasteiger partial charge >= 0.3 is 5.97 Å². The molecule has 0 aliphatic heterocycles. The Labute approximate surface area is 177 Å². The van der Waals surface area contributed by atoms with Crippen molar-refractivity contribution in [3.63, 3.8) is 0 Å². The van der Waals surface area contributed by atoms with Crippen LogP contribution in [0.4, 0.5) is 0 Å². The Bertz CT molecular complexity index is 608. The number of amides is 4. The normalized spacial score (nSPS) is 14.8. The average Bonchev–Trinajstić information content (AvgIpc) is 2.66. The summed E-state index contributed by atoms with van der Waals surface area (Å²) in [7, 11) is 0. The zero-order valence-electron chi connectivity index (χ0n) is 15.8. The number of carbonyl (C=O) groups excluding carboxylic acids is 4. The maximum absolute atomic E-state index is 12.3. The molecule has 0 fully saturated rings. The van der Waals surface area contributed by atoms with Crippen molar-refractivity contribution in [2.75, 3.05) is 24.4 Å². The van der Waals surface area contributed by atoms with E-state index in [0.29, 0.717) is 12.2 Å². The number of carbonyl (C=O) groups is 5. The van der Waals surface area contributed by atoms with Gasteiger partial charge < -0.3 is 37.6 Å². The second-order valence-corrected chi connectivity index (χ2v) is 7.30. The average molecular weight is 454 g/mol. The van der Waals surface area contributed by atoms with E-state index in [1.54, 1.807) is 0 Å². The molecule has 0 aliphatic rings. The van der Waals surface area contributed by atoms with Gasteiger partial charge in [0.05, 0.1) is 19.1 Å². The fourth-order valence-electron chi connectivity index (χ4n) is 1.99. The van der Waals surface area contributed by atoms with Crippen molar-refractivity contribution in [1.82, 2.24) is 16.0 Å². The first kappa shape index (κ1) is 27.0. The van der Waals surface area contributed by atoms with Crippen LogP contribution in [0.5, 0.6) is 0 Å². The summed E-state index contributed by atoms with van der Waals surface area (Å²) >= 11 is 5.49. The molecule has 12 nitrogen and oxygen atoms in total. The molecule has 4 unspecified atom stereocenters. The van der Waals surface area contributed by atoms with Crippen molar-refractivity contribution < 1.29 is 34.2 Å². The van der Waals surface area contributed by atoms with Gasteiger partial charge in [-0.25, -0.2) is 4.79 Å². The van der Waals surface area contributed by atoms with Gasteiger partial charge in [-0.15, -0.1) is 0 Å². The Morgan fingerprint density at radius 2 is 1.52 bits per heavy atom. The molecule has 0 aromatic heterocycles. The minimum Gasteiger partial charge on any atom is -0.480 e. The van der Waals surface area contributed by atoms with E-state index in [4.69, 9.17) is 16.6 Å². The Morgan fingerprint density at radius 3 is 1.97 bits per heavy atom. The summed E-state index contributed by atoms with van der Waals surface area (Å²) in [6.45, 7) is -0.860. The lowest BCUT2D eigenvalue weighted by Gasteiger charge is -2.23. The first-order valence-electron chi connectivity index (χ1n) is 8.45. The third-order valence-corrected chi connectivity index (χ3v) is 4.63. The fraction of sp³-hybridized carbons (Fsp3) is 0.667. The summed E-state index contributed by atoms with van der Waals surface area (Å²) in [5, 5.41) is 24.9. The maximum Gasteiger partial charge on any atom is 0.326 e. The number of primary amides is 1. The quantitative estimate of drug-likeness (QED) is 0.122. The van der Waals surface area contributed by atoms with Crippen LogP contribution in [0.25, 0.3) is 0 Å². The van der Waals surface area contributed by atoms with Crippen LogP contribution < -0.4 is 27.4 Å². The molecule has 4 amide bonds. The van der Waals surface area contributed by atoms with Crippen LogP contribution in [0.2, 0.25) is 0 Å². The third kappa shape index (κ3) is 10.3. The van der Waals surface area contributed by atoms with E-state index in [2.05, 4.69) is 23.3 Å². The highest BCUT2D eigenvalue weighted by atomic mass is 32.2. The summed E-state index contributed by atoms with van der Waals surface area (Å²) in [5.74, 6) is -4.40. The number of thioether (sulfide) groups is 1. The molecule has 0 spiro atoms. The van der Waals surface area contributed by atoms with Crippen LogP contribution in [-0.2, 0) is 24.0 Å². The van der Waals surface area contributed by atoms with Gasteiger partial charge in [0.25, 0.3) is 0 Å². The van der Waals surface area contributed by atoms with E-state index in [-0.39, 0.29) is 5.75 Å². The molecule has 0 saturated carbocycles. The molecule has 166 valence electrons. The van der Waals surface area contributed by atoms with E-state index in [1.807, 2.05) is 11.6 Å². The van der Waals surface area contributed by atoms with Gasteiger partial charge in [-0.3, -0.25) is 19.2 Å². The number of aliphatic hydroxyl groups is 1. The monoisotopic (exact) mass is 453 g/mol. The van der Waals surface area contributed by atoms with Crippen molar-refractivity contribution in [3.8, 4) is 0 Å². The topological polar surface area (TPSA) is 214 Å². The molecule has 29 heavy (non-hydrogen) atoms. The highest BCUT2D eigenvalue weighted by Gasteiger charge is 2.30. The van der Waals surface area contributed by atoms with Gasteiger partial charge in [-0.05, 0) is 18.4 Å². The van der Waals surface area contributed by atoms with Gasteiger partial charge in [0.15, 0.2) is 0 Å². The van der Waals surface area contributed by atoms with Crippen LogP contribution in [0.15, 0.2) is 0 Å². The van der Waals surface area contributed by atoms with Gasteiger partial charge in [0, 0.05) is 5.75 Å². The molecule has 14 heteroatoms. The van der Waals surface area contributed by atoms with Crippen LogP contribution in [-0.4, -0.2) is 88.3 Å². The standard InChI is InChI=1S/C15H27N5O7S2/c1-29-3-2-7(16)12(23)20-10(6-28)14(25)19-9(5-21)13(24)18-8(15(26)27)4-11(17)22/h7-10,21,28H,2-6,16H2,1H3,(H2,17,22)(H,18,24)(H,19,25)(H,20,23)(H,26,27). The number of hydrogen-bond acceptors (Lipinski definition) is 9. The second-order valence-electron chi connectivity index (χ2n) is 5.95. The molecule has 0 saturated heterocycles. The van der Waals surface area contributed by atoms with Crippen LogP contribution in [0, 0.1) is 0 Å². The van der Waals surface area contributed by atoms with Crippen LogP contribution in [0.1, 0.15) is 12.8 Å². The Hall–Kier alpha value is -2.03. The third-order valence-electron chi connectivity index (χ3n) is 3.62.